The van der Waals surface area contributed by atoms with Crippen molar-refractivity contribution < 1.29 is 40.3 Å². The number of rotatable bonds is 4. The van der Waals surface area contributed by atoms with E-state index in [4.69, 9.17) is 16.0 Å². The summed E-state index contributed by atoms with van der Waals surface area (Å²) in [6.45, 7) is 6.39. The van der Waals surface area contributed by atoms with Gasteiger partial charge in [-0.3, -0.25) is 11.9 Å². The average molecular weight is 661 g/mol. The van der Waals surface area contributed by atoms with Gasteiger partial charge >= 0.3 is 31.1 Å². The zero-order chi connectivity index (χ0) is 20.5. The SMILES string of the molecule is CCNC.Fc1c(Nc2cc(C3C[CH-]CC3)[nH]n2)ccc2c1CS(=S)C2.[CH-]=O.[U+2]. The van der Waals surface area contributed by atoms with E-state index in [2.05, 4.69) is 41.0 Å². The Bertz CT molecular complexity index is 795. The summed E-state index contributed by atoms with van der Waals surface area (Å²) in [5.41, 5.74) is 3.46. The fourth-order valence-corrected chi connectivity index (χ4v) is 5.31. The van der Waals surface area contributed by atoms with Gasteiger partial charge in [-0.2, -0.15) is 17.9 Å². The van der Waals surface area contributed by atoms with Crippen LogP contribution in [0.5, 0.6) is 0 Å². The van der Waals surface area contributed by atoms with E-state index < -0.39 is 0 Å². The predicted octanol–water partition coefficient (Wildman–Crippen LogP) is 3.81. The molecule has 1 aromatic heterocycles. The molecule has 1 fully saturated rings. The molecule has 0 saturated heterocycles. The molecule has 2 atom stereocenters. The van der Waals surface area contributed by atoms with Crippen LogP contribution in [0.1, 0.15) is 48.9 Å². The first-order valence-corrected chi connectivity index (χ1v) is 11.8. The molecule has 4 rings (SSSR count). The Morgan fingerprint density at radius 1 is 1.41 bits per heavy atom. The van der Waals surface area contributed by atoms with Crippen LogP contribution >= 0.6 is 0 Å². The molecule has 3 N–H and O–H groups in total. The molecule has 1 aromatic carbocycles. The predicted molar refractivity (Wildman–Crippen MR) is 118 cm³/mol. The number of aromatic amines is 1. The third-order valence-corrected chi connectivity index (χ3v) is 6.74. The number of hydrogen-bond donors (Lipinski definition) is 3. The zero-order valence-electron chi connectivity index (χ0n) is 16.8. The van der Waals surface area contributed by atoms with Crippen molar-refractivity contribution in [1.82, 2.24) is 15.5 Å². The maximum Gasteiger partial charge on any atom is 2.00 e. The summed E-state index contributed by atoms with van der Waals surface area (Å²) in [6, 6.07) is 5.78. The number of anilines is 2. The maximum atomic E-state index is 14.6. The van der Waals surface area contributed by atoms with E-state index in [0.29, 0.717) is 23.2 Å². The molecular formula is C20H27FN4OS2U. The largest absolute Gasteiger partial charge is 2.00 e. The summed E-state index contributed by atoms with van der Waals surface area (Å²) in [5, 5.41) is 13.4. The van der Waals surface area contributed by atoms with Gasteiger partial charge in [-0.15, -0.1) is 9.45 Å². The minimum atomic E-state index is -0.170. The van der Waals surface area contributed by atoms with E-state index in [1.807, 2.05) is 19.2 Å². The number of nitrogens with one attached hydrogen (secondary N) is 3. The Kier molecular flexibility index (Phi) is 12.5. The second kappa shape index (κ2) is 13.7. The molecule has 0 radical (unpaired) electrons. The van der Waals surface area contributed by atoms with E-state index >= 15 is 0 Å². The zero-order valence-corrected chi connectivity index (χ0v) is 22.6. The molecule has 0 bridgehead atoms. The maximum absolute atomic E-state index is 14.6. The number of H-pyrrole nitrogens is 1. The Morgan fingerprint density at radius 2 is 2.14 bits per heavy atom. The molecule has 9 heteroatoms. The molecule has 2 unspecified atom stereocenters. The van der Waals surface area contributed by atoms with Crippen molar-refractivity contribution in [2.24, 2.45) is 0 Å². The van der Waals surface area contributed by atoms with Crippen LogP contribution in [-0.2, 0) is 36.9 Å². The molecule has 29 heavy (non-hydrogen) atoms. The number of aromatic nitrogens is 2. The first-order valence-electron chi connectivity index (χ1n) is 9.29. The Labute approximate surface area is 203 Å². The second-order valence-corrected chi connectivity index (χ2v) is 9.50. The average Bonchev–Trinajstić information content (AvgIpc) is 3.46. The molecule has 0 amide bonds. The van der Waals surface area contributed by atoms with Gasteiger partial charge < -0.3 is 21.8 Å². The van der Waals surface area contributed by atoms with E-state index in [9.17, 15) is 4.39 Å². The Morgan fingerprint density at radius 3 is 2.76 bits per heavy atom. The van der Waals surface area contributed by atoms with E-state index in [0.717, 1.165) is 48.4 Å². The van der Waals surface area contributed by atoms with Crippen molar-refractivity contribution in [1.29, 1.82) is 0 Å². The van der Waals surface area contributed by atoms with Gasteiger partial charge in [-0.1, -0.05) is 30.6 Å². The second-order valence-electron chi connectivity index (χ2n) is 6.63. The standard InChI is InChI=1S/C16H17FN3S2.C3H9N.CHO.U/c17-16-12-9-22(21)8-11(12)5-6-13(16)18-15-7-14(19-20-15)10-3-1-2-4-10;1-3-4-2;1-2;/h1,5-7,10H,2-4,8-9H2,(H2,18,19,20);4H,3H2,1-2H3;1H;/q-1;;-1;+2. The van der Waals surface area contributed by atoms with E-state index in [-0.39, 0.29) is 46.4 Å². The number of carbonyl (C=O) groups excluding carboxylic acids is 1. The molecule has 1 aliphatic heterocycles. The Hall–Kier alpha value is -0.588. The van der Waals surface area contributed by atoms with Gasteiger partial charge in [0.1, 0.15) is 0 Å². The fourth-order valence-electron chi connectivity index (χ4n) is 3.22. The summed E-state index contributed by atoms with van der Waals surface area (Å²) in [7, 11) is 1.79. The van der Waals surface area contributed by atoms with Gasteiger partial charge in [-0.25, -0.2) is 4.39 Å². The minimum Gasteiger partial charge on any atom is -0.545 e. The number of hydrogen-bond acceptors (Lipinski definition) is 5. The third kappa shape index (κ3) is 7.25. The van der Waals surface area contributed by atoms with Crippen molar-refractivity contribution in [2.75, 3.05) is 18.9 Å². The first-order chi connectivity index (χ1) is 13.6. The van der Waals surface area contributed by atoms with Crippen LogP contribution < -0.4 is 10.6 Å². The molecule has 1 saturated carbocycles. The molecule has 2 heterocycles. The summed E-state index contributed by atoms with van der Waals surface area (Å²) < 4.78 is 14.6. The summed E-state index contributed by atoms with van der Waals surface area (Å²) >= 11 is 5.32. The number of halogens is 1. The van der Waals surface area contributed by atoms with Gasteiger partial charge in [0, 0.05) is 28.8 Å². The molecular weight excluding hydrogens is 633 g/mol. The number of nitrogens with zero attached hydrogens (tertiary/aromatic N) is 1. The van der Waals surface area contributed by atoms with Crippen LogP contribution in [0.4, 0.5) is 15.9 Å². The molecule has 1 aliphatic carbocycles. The first kappa shape index (κ1) is 26.4. The third-order valence-electron chi connectivity index (χ3n) is 4.79. The van der Waals surface area contributed by atoms with Gasteiger partial charge in [0.25, 0.3) is 0 Å². The topological polar surface area (TPSA) is 69.8 Å². The van der Waals surface area contributed by atoms with E-state index in [1.54, 1.807) is 6.07 Å². The van der Waals surface area contributed by atoms with Crippen molar-refractivity contribution in [2.45, 2.75) is 43.6 Å². The quantitative estimate of drug-likeness (QED) is 0.344. The van der Waals surface area contributed by atoms with Gasteiger partial charge in [0.05, 0.1) is 5.69 Å². The van der Waals surface area contributed by atoms with Gasteiger partial charge in [0.2, 0.25) is 0 Å². The van der Waals surface area contributed by atoms with Crippen LogP contribution in [0.3, 0.4) is 0 Å². The molecule has 156 valence electrons. The van der Waals surface area contributed by atoms with Crippen molar-refractivity contribution >= 4 is 38.9 Å². The number of fused-ring (bicyclic) bond motifs is 1. The van der Waals surface area contributed by atoms with Crippen molar-refractivity contribution in [3.05, 3.63) is 47.3 Å². The summed E-state index contributed by atoms with van der Waals surface area (Å²) in [6.07, 6.45) is 5.73. The van der Waals surface area contributed by atoms with E-state index in [1.165, 1.54) is 0 Å². The molecule has 2 aliphatic rings. The van der Waals surface area contributed by atoms with Crippen LogP contribution in [0.15, 0.2) is 18.2 Å². The smallest absolute Gasteiger partial charge is 0.545 e. The van der Waals surface area contributed by atoms with Crippen LogP contribution in [0, 0.1) is 43.4 Å². The van der Waals surface area contributed by atoms with Crippen LogP contribution in [0.25, 0.3) is 0 Å². The minimum absolute atomic E-state index is 0. The molecule has 0 spiro atoms. The van der Waals surface area contributed by atoms with Crippen LogP contribution in [0.2, 0.25) is 0 Å². The summed E-state index contributed by atoms with van der Waals surface area (Å²) in [5.74, 6) is 2.53. The van der Waals surface area contributed by atoms with Gasteiger partial charge in [-0.05, 0) is 31.1 Å². The van der Waals surface area contributed by atoms with Crippen molar-refractivity contribution in [3.63, 3.8) is 0 Å². The molecule has 2 aromatic rings. The summed E-state index contributed by atoms with van der Waals surface area (Å²) in [4.78, 5) is 7.75. The van der Waals surface area contributed by atoms with Gasteiger partial charge in [0.15, 0.2) is 11.6 Å². The van der Waals surface area contributed by atoms with Crippen LogP contribution in [-0.4, -0.2) is 30.6 Å². The monoisotopic (exact) mass is 660 g/mol. The number of benzene rings is 1. The van der Waals surface area contributed by atoms with Crippen molar-refractivity contribution in [3.8, 4) is 0 Å². The Balaban J connectivity index is 0.000000541. The fraction of sp³-hybridized carbons (Fsp3) is 0.450. The molecule has 5 nitrogen and oxygen atoms in total. The normalized spacial score (nSPS) is 19.1.